The molecule has 1 saturated heterocycles. The van der Waals surface area contributed by atoms with Crippen LogP contribution in [0, 0.1) is 0 Å². The fourth-order valence-corrected chi connectivity index (χ4v) is 3.37. The summed E-state index contributed by atoms with van der Waals surface area (Å²) in [6, 6.07) is -3.95. The first kappa shape index (κ1) is 26.3. The molecule has 4 atom stereocenters. The Morgan fingerprint density at radius 2 is 1.77 bits per heavy atom. The molecular formula is C19H33N5O7. The number of nitrogens with two attached hydrogens (primary N) is 2. The van der Waals surface area contributed by atoms with Crippen molar-refractivity contribution in [2.24, 2.45) is 11.5 Å². The van der Waals surface area contributed by atoms with Crippen molar-refractivity contribution in [1.29, 1.82) is 0 Å². The molecule has 0 bridgehead atoms. The predicted molar refractivity (Wildman–Crippen MR) is 110 cm³/mol. The number of nitrogens with one attached hydrogen (secondary N) is 2. The van der Waals surface area contributed by atoms with E-state index >= 15 is 0 Å². The number of aliphatic carboxylic acids is 2. The van der Waals surface area contributed by atoms with E-state index in [1.807, 2.05) is 0 Å². The quantitative estimate of drug-likeness (QED) is 0.180. The number of carboxylic acid groups (broad SMARTS) is 2. The zero-order valence-electron chi connectivity index (χ0n) is 17.7. The lowest BCUT2D eigenvalue weighted by molar-refractivity contribution is -0.145. The van der Waals surface area contributed by atoms with Gasteiger partial charge in [0.25, 0.3) is 0 Å². The summed E-state index contributed by atoms with van der Waals surface area (Å²) in [5.41, 5.74) is 11.2. The van der Waals surface area contributed by atoms with Crippen LogP contribution in [0.1, 0.15) is 51.9 Å². The second kappa shape index (κ2) is 12.8. The zero-order valence-corrected chi connectivity index (χ0v) is 17.7. The molecule has 0 saturated carbocycles. The van der Waals surface area contributed by atoms with Gasteiger partial charge in [0, 0.05) is 13.0 Å². The average Bonchev–Trinajstić information content (AvgIpc) is 3.19. The van der Waals surface area contributed by atoms with Crippen LogP contribution in [0.4, 0.5) is 0 Å². The van der Waals surface area contributed by atoms with Crippen molar-refractivity contribution in [3.05, 3.63) is 0 Å². The van der Waals surface area contributed by atoms with E-state index in [4.69, 9.17) is 16.6 Å². The number of hydrogen-bond donors (Lipinski definition) is 6. The molecule has 176 valence electrons. The monoisotopic (exact) mass is 443 g/mol. The minimum Gasteiger partial charge on any atom is -0.481 e. The molecule has 0 aliphatic carbocycles. The SMILES string of the molecule is CC(NC(=O)C(N)CCCCN)C(=O)N1CCCC1C(=O)NC(CCC(=O)O)C(=O)O. The number of unbranched alkanes of at least 4 members (excludes halogenated alkanes) is 1. The second-order valence-electron chi connectivity index (χ2n) is 7.64. The number of amides is 3. The maximum absolute atomic E-state index is 12.8. The minimum absolute atomic E-state index is 0.272. The van der Waals surface area contributed by atoms with Crippen molar-refractivity contribution in [1.82, 2.24) is 15.5 Å². The number of carbonyl (C=O) groups is 5. The van der Waals surface area contributed by atoms with Crippen LogP contribution in [0.15, 0.2) is 0 Å². The minimum atomic E-state index is -1.37. The number of nitrogens with zero attached hydrogens (tertiary/aromatic N) is 1. The molecule has 1 aliphatic heterocycles. The van der Waals surface area contributed by atoms with Crippen LogP contribution in [0.25, 0.3) is 0 Å². The first-order valence-electron chi connectivity index (χ1n) is 10.4. The van der Waals surface area contributed by atoms with Gasteiger partial charge in [-0.25, -0.2) is 4.79 Å². The number of carbonyl (C=O) groups excluding carboxylic acids is 3. The van der Waals surface area contributed by atoms with E-state index < -0.39 is 60.2 Å². The highest BCUT2D eigenvalue weighted by Gasteiger charge is 2.38. The fraction of sp³-hybridized carbons (Fsp3) is 0.737. The Labute approximate surface area is 180 Å². The van der Waals surface area contributed by atoms with Gasteiger partial charge >= 0.3 is 11.9 Å². The maximum atomic E-state index is 12.8. The van der Waals surface area contributed by atoms with Gasteiger partial charge in [0.15, 0.2) is 0 Å². The molecule has 0 radical (unpaired) electrons. The molecule has 3 amide bonds. The Hall–Kier alpha value is -2.73. The van der Waals surface area contributed by atoms with Crippen molar-refractivity contribution in [2.45, 2.75) is 76.0 Å². The van der Waals surface area contributed by atoms with Gasteiger partial charge in [0.1, 0.15) is 18.1 Å². The Kier molecular flexibility index (Phi) is 10.9. The summed E-state index contributed by atoms with van der Waals surface area (Å²) >= 11 is 0. The molecular weight excluding hydrogens is 410 g/mol. The molecule has 8 N–H and O–H groups in total. The summed E-state index contributed by atoms with van der Waals surface area (Å²) in [5.74, 6) is -4.14. The Morgan fingerprint density at radius 3 is 2.35 bits per heavy atom. The Morgan fingerprint density at radius 1 is 1.10 bits per heavy atom. The molecule has 12 heteroatoms. The molecule has 12 nitrogen and oxygen atoms in total. The van der Waals surface area contributed by atoms with Gasteiger partial charge in [0.05, 0.1) is 6.04 Å². The number of hydrogen-bond acceptors (Lipinski definition) is 7. The molecule has 0 aromatic rings. The van der Waals surface area contributed by atoms with Gasteiger partial charge in [-0.2, -0.15) is 0 Å². The third-order valence-corrected chi connectivity index (χ3v) is 5.14. The maximum Gasteiger partial charge on any atom is 0.326 e. The zero-order chi connectivity index (χ0) is 23.6. The van der Waals surface area contributed by atoms with Crippen LogP contribution in [-0.2, 0) is 24.0 Å². The van der Waals surface area contributed by atoms with Crippen LogP contribution >= 0.6 is 0 Å². The van der Waals surface area contributed by atoms with Gasteiger partial charge in [-0.1, -0.05) is 6.42 Å². The molecule has 0 spiro atoms. The van der Waals surface area contributed by atoms with Gasteiger partial charge < -0.3 is 37.2 Å². The third-order valence-electron chi connectivity index (χ3n) is 5.14. The van der Waals surface area contributed by atoms with E-state index in [0.717, 1.165) is 6.42 Å². The number of rotatable bonds is 13. The van der Waals surface area contributed by atoms with Crippen molar-refractivity contribution >= 4 is 29.7 Å². The van der Waals surface area contributed by atoms with Crippen molar-refractivity contribution < 1.29 is 34.2 Å². The fourth-order valence-electron chi connectivity index (χ4n) is 3.37. The standard InChI is InChI=1S/C19H33N5O7/c1-11(22-16(27)12(21)5-2-3-9-20)18(29)24-10-4-6-14(24)17(28)23-13(19(30)31)7-8-15(25)26/h11-14H,2-10,20-21H2,1H3,(H,22,27)(H,23,28)(H,25,26)(H,30,31). The van der Waals surface area contributed by atoms with E-state index in [0.29, 0.717) is 32.2 Å². The summed E-state index contributed by atoms with van der Waals surface area (Å²) in [4.78, 5) is 60.9. The van der Waals surface area contributed by atoms with Crippen molar-refractivity contribution in [3.63, 3.8) is 0 Å². The van der Waals surface area contributed by atoms with Crippen molar-refractivity contribution in [3.8, 4) is 0 Å². The Bertz CT molecular complexity index is 672. The highest BCUT2D eigenvalue weighted by atomic mass is 16.4. The lowest BCUT2D eigenvalue weighted by Crippen LogP contribution is -2.56. The molecule has 0 aromatic heterocycles. The number of carboxylic acids is 2. The number of likely N-dealkylation sites (tertiary alicyclic amines) is 1. The molecule has 1 rings (SSSR count). The van der Waals surface area contributed by atoms with E-state index in [2.05, 4.69) is 10.6 Å². The molecule has 0 aromatic carbocycles. The molecule has 1 aliphatic rings. The van der Waals surface area contributed by atoms with E-state index in [1.54, 1.807) is 0 Å². The van der Waals surface area contributed by atoms with Crippen LogP contribution in [-0.4, -0.2) is 82.0 Å². The van der Waals surface area contributed by atoms with E-state index in [1.165, 1.54) is 11.8 Å². The van der Waals surface area contributed by atoms with Crippen LogP contribution < -0.4 is 22.1 Å². The van der Waals surface area contributed by atoms with Gasteiger partial charge in [0.2, 0.25) is 17.7 Å². The van der Waals surface area contributed by atoms with Gasteiger partial charge in [-0.3, -0.25) is 19.2 Å². The summed E-state index contributed by atoms with van der Waals surface area (Å²) in [6.45, 7) is 2.28. The first-order valence-corrected chi connectivity index (χ1v) is 10.4. The normalized spacial score (nSPS) is 18.7. The van der Waals surface area contributed by atoms with E-state index in [-0.39, 0.29) is 13.0 Å². The predicted octanol–water partition coefficient (Wildman–Crippen LogP) is -1.63. The summed E-state index contributed by atoms with van der Waals surface area (Å²) in [6.07, 6.45) is 2.05. The van der Waals surface area contributed by atoms with Gasteiger partial charge in [-0.15, -0.1) is 0 Å². The van der Waals surface area contributed by atoms with Crippen molar-refractivity contribution in [2.75, 3.05) is 13.1 Å². The molecule has 31 heavy (non-hydrogen) atoms. The second-order valence-corrected chi connectivity index (χ2v) is 7.64. The topological polar surface area (TPSA) is 205 Å². The van der Waals surface area contributed by atoms with Crippen LogP contribution in [0.3, 0.4) is 0 Å². The lowest BCUT2D eigenvalue weighted by atomic mass is 10.1. The Balaban J connectivity index is 2.68. The molecule has 1 fully saturated rings. The summed E-state index contributed by atoms with van der Waals surface area (Å²) < 4.78 is 0. The summed E-state index contributed by atoms with van der Waals surface area (Å²) in [7, 11) is 0. The average molecular weight is 444 g/mol. The van der Waals surface area contributed by atoms with E-state index in [9.17, 15) is 29.1 Å². The highest BCUT2D eigenvalue weighted by Crippen LogP contribution is 2.19. The highest BCUT2D eigenvalue weighted by molar-refractivity contribution is 5.94. The molecule has 4 unspecified atom stereocenters. The lowest BCUT2D eigenvalue weighted by Gasteiger charge is -2.28. The third kappa shape index (κ3) is 8.50. The molecule has 1 heterocycles. The van der Waals surface area contributed by atoms with Crippen LogP contribution in [0.5, 0.6) is 0 Å². The smallest absolute Gasteiger partial charge is 0.326 e. The largest absolute Gasteiger partial charge is 0.481 e. The summed E-state index contributed by atoms with van der Waals surface area (Å²) in [5, 5.41) is 22.8. The van der Waals surface area contributed by atoms with Gasteiger partial charge in [-0.05, 0) is 45.6 Å². The van der Waals surface area contributed by atoms with Crippen LogP contribution in [0.2, 0.25) is 0 Å². The first-order chi connectivity index (χ1) is 14.6.